The molecule has 42 nitrogen and oxygen atoms in total. The highest BCUT2D eigenvalue weighted by molar-refractivity contribution is 7.54. The van der Waals surface area contributed by atoms with E-state index in [0.717, 1.165) is 33.6 Å². The second kappa shape index (κ2) is 36.3. The monoisotopic (exact) mass is 1710 g/mol. The zero-order valence-corrected chi connectivity index (χ0v) is 66.5. The first-order valence-corrected chi connectivity index (χ1v) is 42.6. The van der Waals surface area contributed by atoms with Gasteiger partial charge in [0.25, 0.3) is 22.2 Å². The van der Waals surface area contributed by atoms with Crippen LogP contribution >= 0.6 is 53.6 Å². The van der Waals surface area contributed by atoms with Gasteiger partial charge in [0.1, 0.15) is 29.9 Å². The van der Waals surface area contributed by atoms with Crippen LogP contribution in [-0.4, -0.2) is 157 Å². The number of anilines is 4. The van der Waals surface area contributed by atoms with Crippen LogP contribution in [0, 0.1) is 6.92 Å². The number of ether oxygens (including phenoxy) is 6. The highest BCUT2D eigenvalue weighted by Gasteiger charge is 2.38. The highest BCUT2D eigenvalue weighted by Crippen LogP contribution is 2.59. The summed E-state index contributed by atoms with van der Waals surface area (Å²) < 4.78 is 134. The predicted molar refractivity (Wildman–Crippen MR) is 417 cm³/mol. The van der Waals surface area contributed by atoms with Crippen molar-refractivity contribution in [1.29, 1.82) is 0 Å². The summed E-state index contributed by atoms with van der Waals surface area (Å²) in [6.45, 7) is 4.97. The lowest BCUT2D eigenvalue weighted by Gasteiger charge is -2.30. The maximum atomic E-state index is 13.0. The van der Waals surface area contributed by atoms with E-state index < -0.39 is 58.7 Å². The van der Waals surface area contributed by atoms with Crippen LogP contribution < -0.4 is 63.7 Å². The van der Waals surface area contributed by atoms with Crippen LogP contribution in [0.1, 0.15) is 52.9 Å². The van der Waals surface area contributed by atoms with Crippen LogP contribution in [-0.2, 0) is 104 Å². The fourth-order valence-corrected chi connectivity index (χ4v) is 18.3. The van der Waals surface area contributed by atoms with Gasteiger partial charge in [0.2, 0.25) is 23.8 Å². The van der Waals surface area contributed by atoms with Gasteiger partial charge < -0.3 is 87.7 Å². The van der Waals surface area contributed by atoms with Gasteiger partial charge in [-0.3, -0.25) is 66.3 Å². The van der Waals surface area contributed by atoms with Gasteiger partial charge in [0, 0.05) is 50.1 Å². The number of halogens is 2. The van der Waals surface area contributed by atoms with E-state index >= 15 is 0 Å². The van der Waals surface area contributed by atoms with Crippen molar-refractivity contribution in [1.82, 2.24) is 78.1 Å². The van der Waals surface area contributed by atoms with Crippen molar-refractivity contribution in [3.8, 4) is 23.0 Å². The SMILES string of the molecule is COc1ccc(C2CCOP(=O)(COCCn3cnc4c(=O)[nH]c(N)nc43)O2)cc1C.COc1ccc(C2CCOP(=O)(COCCn3cnc4c(=O)[nH]c(N)nc43)O2)cc1Cl.Nc1nc2c(ncn2CCOCP2(=O)OCc3cccc(Cl)c3O2)c(=O)[nH]1.Nc1nc2c(ncn2CCOCP2(=O)OCc3ccccc3O2)c(=O)[nH]1. The molecule has 2 fully saturated rings. The normalized spacial score (nSPS) is 20.4. The molecule has 16 rings (SSSR count). The maximum Gasteiger partial charge on any atom is 0.405 e. The van der Waals surface area contributed by atoms with Crippen LogP contribution in [0.25, 0.3) is 44.7 Å². The zero-order chi connectivity index (χ0) is 81.2. The Morgan fingerprint density at radius 3 is 1.26 bits per heavy atom. The average Bonchev–Trinajstić information content (AvgIpc) is 1.41. The van der Waals surface area contributed by atoms with E-state index in [-0.39, 0.29) is 124 Å². The molecule has 12 N–H and O–H groups in total. The molecule has 0 radical (unpaired) electrons. The molecule has 2 saturated heterocycles. The Bertz CT molecular complexity index is 5810. The Labute approximate surface area is 659 Å². The number of nitrogens with two attached hydrogens (primary N) is 4. The number of nitrogens with one attached hydrogen (secondary N) is 4. The third-order valence-corrected chi connectivity index (χ3v) is 24.3. The standard InChI is InChI=1S/C19H24N5O6P.C18H21ClN5O6P.C15H15ClN5O5P.C15H16N5O5P/c1-12-9-13(3-4-14(12)27-2)15-5-7-29-31(26,30-15)11-28-8-6-24-10-21-16-17(24)22-19(20)23-18(16)25;1-27-14-3-2-11(8-12(14)19)13-4-6-29-31(26,30-13)10-28-7-5-24-9-21-15-16(24)22-18(20)23-17(15)25;16-10-3-1-2-9-6-25-27(23,26-12(9)10)8-24-5-4-21-7-18-11-13(21)19-15(17)20-14(11)22;16-15-18-13-12(14(21)19-15)17-8-20(13)5-6-23-9-26(22)24-7-10-3-1-2-4-11(10)25-26/h3-4,9-10,15H,5-8,11H2,1-2H3,(H3,20,22,23,25);2-3,8-9,13H,4-7,10H2,1H3,(H3,20,22,23,25);1-3,7H,4-6,8H2,(H3,17,19,20,22);1-4,8H,5-7,9H2,(H3,16,18,19,21). The van der Waals surface area contributed by atoms with Crippen molar-refractivity contribution >= 4 is 122 Å². The van der Waals surface area contributed by atoms with Crippen LogP contribution in [0.15, 0.2) is 123 Å². The van der Waals surface area contributed by atoms with E-state index in [1.54, 1.807) is 67.8 Å². The Morgan fingerprint density at radius 1 is 0.461 bits per heavy atom. The van der Waals surface area contributed by atoms with E-state index in [0.29, 0.717) is 95.5 Å². The van der Waals surface area contributed by atoms with Crippen molar-refractivity contribution < 1.29 is 82.9 Å². The molecule has 0 aliphatic carbocycles. The molecular weight excluding hydrogens is 1630 g/mol. The first-order chi connectivity index (χ1) is 55.3. The molecule has 4 aromatic carbocycles. The fourth-order valence-electron chi connectivity index (χ4n) is 11.9. The maximum absolute atomic E-state index is 13.0. The summed E-state index contributed by atoms with van der Waals surface area (Å²) in [7, 11) is -10.5. The Balaban J connectivity index is 0.000000134. The molecule has 610 valence electrons. The van der Waals surface area contributed by atoms with Crippen molar-refractivity contribution in [3.05, 3.63) is 183 Å². The van der Waals surface area contributed by atoms with Gasteiger partial charge in [0.15, 0.2) is 63.1 Å². The number of nitrogens with zero attached hydrogens (tertiary/aromatic N) is 12. The number of imidazole rings is 4. The molecule has 0 saturated carbocycles. The van der Waals surface area contributed by atoms with Gasteiger partial charge in [0.05, 0.1) is 115 Å². The van der Waals surface area contributed by atoms with Crippen molar-refractivity contribution in [3.63, 3.8) is 0 Å². The molecule has 12 heterocycles. The van der Waals surface area contributed by atoms with E-state index in [4.69, 9.17) is 111 Å². The molecule has 0 bridgehead atoms. The van der Waals surface area contributed by atoms with Crippen molar-refractivity contribution in [2.45, 2.75) is 71.4 Å². The number of nitrogen functional groups attached to an aromatic ring is 4. The minimum atomic E-state index is -3.47. The number of aromatic nitrogens is 16. The van der Waals surface area contributed by atoms with Crippen LogP contribution in [0.3, 0.4) is 0 Å². The summed E-state index contributed by atoms with van der Waals surface area (Å²) in [5, 5.41) is 0.816. The van der Waals surface area contributed by atoms with Gasteiger partial charge in [-0.15, -0.1) is 0 Å². The van der Waals surface area contributed by atoms with Crippen molar-refractivity contribution in [2.75, 3.05) is 102 Å². The second-order valence-corrected chi connectivity index (χ2v) is 34.0. The van der Waals surface area contributed by atoms with Crippen LogP contribution in [0.2, 0.25) is 10.0 Å². The summed E-state index contributed by atoms with van der Waals surface area (Å²) in [6, 6.07) is 23.5. The molecule has 48 heteroatoms. The minimum Gasteiger partial charge on any atom is -0.496 e. The number of hydrogen-bond acceptors (Lipinski definition) is 34. The summed E-state index contributed by atoms with van der Waals surface area (Å²) in [6.07, 6.45) is 5.44. The first-order valence-electron chi connectivity index (χ1n) is 34.9. The quantitative estimate of drug-likeness (QED) is 0.0207. The predicted octanol–water partition coefficient (Wildman–Crippen LogP) is 8.68. The third-order valence-electron chi connectivity index (χ3n) is 17.4. The Hall–Kier alpha value is -10.2. The van der Waals surface area contributed by atoms with E-state index in [1.165, 1.54) is 32.4 Å². The number of methoxy groups -OCH3 is 2. The number of fused-ring (bicyclic) bond motifs is 6. The summed E-state index contributed by atoms with van der Waals surface area (Å²) in [4.78, 5) is 89.1. The second-order valence-electron chi connectivity index (χ2n) is 25.5. The van der Waals surface area contributed by atoms with Gasteiger partial charge >= 0.3 is 30.4 Å². The molecule has 6 atom stereocenters. The molecule has 0 spiro atoms. The largest absolute Gasteiger partial charge is 0.496 e. The molecular formula is C67H76Cl2N20O22P4. The summed E-state index contributed by atoms with van der Waals surface area (Å²) in [5.74, 6) is 2.26. The lowest BCUT2D eigenvalue weighted by atomic mass is 10.0. The number of H-pyrrole nitrogens is 4. The number of para-hydroxylation sites is 2. The smallest absolute Gasteiger partial charge is 0.405 e. The number of aryl methyl sites for hydroxylation is 1. The Morgan fingerprint density at radius 2 is 0.843 bits per heavy atom. The van der Waals surface area contributed by atoms with E-state index in [1.807, 2.05) is 43.3 Å². The third kappa shape index (κ3) is 20.2. The topological polar surface area (TPSA) is 556 Å². The molecule has 12 aromatic rings. The Kier molecular flexibility index (Phi) is 26.1. The van der Waals surface area contributed by atoms with E-state index in [2.05, 4.69) is 59.8 Å². The number of benzene rings is 4. The lowest BCUT2D eigenvalue weighted by Crippen LogP contribution is -2.17. The van der Waals surface area contributed by atoms with Gasteiger partial charge in [-0.25, -0.2) is 29.1 Å². The van der Waals surface area contributed by atoms with Gasteiger partial charge in [-0.1, -0.05) is 65.7 Å². The fraction of sp³-hybridized carbons (Fsp3) is 0.343. The molecule has 8 aromatic heterocycles. The van der Waals surface area contributed by atoms with Crippen molar-refractivity contribution in [2.24, 2.45) is 0 Å². The zero-order valence-electron chi connectivity index (χ0n) is 61.4. The number of hydrogen-bond donors (Lipinski definition) is 8. The van der Waals surface area contributed by atoms with Crippen LogP contribution in [0.5, 0.6) is 23.0 Å². The summed E-state index contributed by atoms with van der Waals surface area (Å²) >= 11 is 12.3. The molecule has 0 amide bonds. The molecule has 115 heavy (non-hydrogen) atoms. The minimum absolute atomic E-state index is 0.000782. The van der Waals surface area contributed by atoms with Crippen LogP contribution in [0.4, 0.5) is 23.8 Å². The first kappa shape index (κ1) is 82.8. The number of aromatic amines is 4. The molecule has 4 aliphatic rings. The van der Waals surface area contributed by atoms with E-state index in [9.17, 15) is 37.4 Å². The van der Waals surface area contributed by atoms with Gasteiger partial charge in [-0.05, 0) is 60.0 Å². The average molecular weight is 1710 g/mol. The van der Waals surface area contributed by atoms with Gasteiger partial charge in [-0.2, -0.15) is 19.9 Å². The molecule has 4 aliphatic heterocycles. The highest BCUT2D eigenvalue weighted by atomic mass is 35.5. The number of rotatable bonds is 24. The molecule has 6 unspecified atom stereocenters. The lowest BCUT2D eigenvalue weighted by molar-refractivity contribution is 0.0559. The summed E-state index contributed by atoms with van der Waals surface area (Å²) in [5.41, 5.74) is 27.1.